The van der Waals surface area contributed by atoms with Crippen molar-refractivity contribution < 1.29 is 9.53 Å². The number of aromatic nitrogens is 1. The normalized spacial score (nSPS) is 11.0. The van der Waals surface area contributed by atoms with Crippen LogP contribution in [0.4, 0.5) is 5.13 Å². The number of amides is 1. The maximum absolute atomic E-state index is 13.3. The van der Waals surface area contributed by atoms with Crippen molar-refractivity contribution in [1.82, 2.24) is 4.98 Å². The molecule has 0 fully saturated rings. The highest BCUT2D eigenvalue weighted by Crippen LogP contribution is 2.36. The first-order chi connectivity index (χ1) is 16.0. The molecule has 1 aromatic heterocycles. The van der Waals surface area contributed by atoms with E-state index in [4.69, 9.17) is 21.3 Å². The maximum atomic E-state index is 13.3. The van der Waals surface area contributed by atoms with Crippen molar-refractivity contribution in [3.8, 4) is 5.75 Å². The summed E-state index contributed by atoms with van der Waals surface area (Å²) in [6.07, 6.45) is 1.24. The molecule has 0 aliphatic carbocycles. The summed E-state index contributed by atoms with van der Waals surface area (Å²) in [5.74, 6) is 1.78. The van der Waals surface area contributed by atoms with Crippen molar-refractivity contribution in [2.75, 3.05) is 17.8 Å². The van der Waals surface area contributed by atoms with Crippen LogP contribution in [-0.2, 0) is 11.3 Å². The lowest BCUT2D eigenvalue weighted by atomic mass is 10.2. The highest BCUT2D eigenvalue weighted by atomic mass is 35.5. The number of nitrogens with zero attached hydrogens (tertiary/aromatic N) is 2. The number of methoxy groups -OCH3 is 1. The molecule has 0 aliphatic heterocycles. The molecule has 170 valence electrons. The van der Waals surface area contributed by atoms with Crippen molar-refractivity contribution in [2.45, 2.75) is 31.2 Å². The molecule has 3 aromatic carbocycles. The molecule has 1 amide bonds. The van der Waals surface area contributed by atoms with Crippen molar-refractivity contribution >= 4 is 56.0 Å². The molecule has 33 heavy (non-hydrogen) atoms. The summed E-state index contributed by atoms with van der Waals surface area (Å²) >= 11 is 9.65. The quantitative estimate of drug-likeness (QED) is 0.179. The number of thiazole rings is 1. The van der Waals surface area contributed by atoms with E-state index in [-0.39, 0.29) is 5.91 Å². The number of rotatable bonds is 9. The van der Waals surface area contributed by atoms with Crippen LogP contribution in [0.5, 0.6) is 5.75 Å². The number of aryl methyl sites for hydroxylation is 1. The van der Waals surface area contributed by atoms with E-state index in [1.54, 1.807) is 23.8 Å². The number of hydrogen-bond acceptors (Lipinski definition) is 5. The predicted molar refractivity (Wildman–Crippen MR) is 140 cm³/mol. The molecule has 7 heteroatoms. The van der Waals surface area contributed by atoms with Crippen LogP contribution in [0.25, 0.3) is 10.2 Å². The Bertz CT molecular complexity index is 1190. The van der Waals surface area contributed by atoms with Gasteiger partial charge in [0.15, 0.2) is 5.13 Å². The lowest BCUT2D eigenvalue weighted by Gasteiger charge is -2.20. The Kier molecular flexibility index (Phi) is 7.91. The van der Waals surface area contributed by atoms with Gasteiger partial charge in [0.25, 0.3) is 0 Å². The van der Waals surface area contributed by atoms with Crippen LogP contribution in [-0.4, -0.2) is 23.8 Å². The number of fused-ring (bicyclic) bond motifs is 1. The zero-order chi connectivity index (χ0) is 23.2. The third kappa shape index (κ3) is 5.88. The average Bonchev–Trinajstić information content (AvgIpc) is 3.30. The molecule has 0 aliphatic rings. The third-order valence-corrected chi connectivity index (χ3v) is 7.90. The molecular formula is C26H25ClN2O2S2. The molecule has 0 radical (unpaired) electrons. The molecule has 0 N–H and O–H groups in total. The molecule has 4 aromatic rings. The average molecular weight is 497 g/mol. The zero-order valence-electron chi connectivity index (χ0n) is 18.6. The van der Waals surface area contributed by atoms with Crippen molar-refractivity contribution in [1.29, 1.82) is 0 Å². The summed E-state index contributed by atoms with van der Waals surface area (Å²) in [6.45, 7) is 2.50. The van der Waals surface area contributed by atoms with Gasteiger partial charge in [0.05, 0.1) is 28.9 Å². The Morgan fingerprint density at radius 3 is 2.55 bits per heavy atom. The zero-order valence-corrected chi connectivity index (χ0v) is 21.0. The third-order valence-electron chi connectivity index (χ3n) is 5.26. The standard InChI is InChI=1S/C26H25ClN2O2S2/c1-18-10-15-22(27)25-24(18)28-26(33-25)29(17-19-7-4-3-5-8-19)23(30)9-6-16-32-21-13-11-20(31-2)12-14-21/h3-5,7-8,10-15H,6,9,16-17H2,1-2H3. The molecule has 0 atom stereocenters. The van der Waals surface area contributed by atoms with Crippen LogP contribution in [0.2, 0.25) is 5.02 Å². The van der Waals surface area contributed by atoms with E-state index in [1.165, 1.54) is 16.2 Å². The summed E-state index contributed by atoms with van der Waals surface area (Å²) < 4.78 is 6.13. The SMILES string of the molecule is COc1ccc(SCCCC(=O)N(Cc2ccccc2)c2nc3c(C)ccc(Cl)c3s2)cc1. The fraction of sp³-hybridized carbons (Fsp3) is 0.231. The van der Waals surface area contributed by atoms with Gasteiger partial charge in [-0.15, -0.1) is 11.8 Å². The van der Waals surface area contributed by atoms with Gasteiger partial charge < -0.3 is 4.74 Å². The van der Waals surface area contributed by atoms with Gasteiger partial charge in [0.1, 0.15) is 5.75 Å². The van der Waals surface area contributed by atoms with Gasteiger partial charge >= 0.3 is 0 Å². The minimum absolute atomic E-state index is 0.0713. The van der Waals surface area contributed by atoms with Crippen molar-refractivity contribution in [3.63, 3.8) is 0 Å². The van der Waals surface area contributed by atoms with Crippen LogP contribution in [0.1, 0.15) is 24.0 Å². The Balaban J connectivity index is 1.47. The van der Waals surface area contributed by atoms with Crippen LogP contribution >= 0.6 is 34.7 Å². The van der Waals surface area contributed by atoms with Gasteiger partial charge in [-0.2, -0.15) is 0 Å². The predicted octanol–water partition coefficient (Wildman–Crippen LogP) is 7.37. The van der Waals surface area contributed by atoms with E-state index in [2.05, 4.69) is 0 Å². The lowest BCUT2D eigenvalue weighted by molar-refractivity contribution is -0.118. The second-order valence-corrected chi connectivity index (χ2v) is 10.2. The van der Waals surface area contributed by atoms with Crippen LogP contribution < -0.4 is 9.64 Å². The summed E-state index contributed by atoms with van der Waals surface area (Å²) in [5, 5.41) is 1.36. The maximum Gasteiger partial charge on any atom is 0.229 e. The van der Waals surface area contributed by atoms with Gasteiger partial charge in [-0.05, 0) is 60.6 Å². The minimum atomic E-state index is 0.0713. The van der Waals surface area contributed by atoms with E-state index >= 15 is 0 Å². The number of carbonyl (C=O) groups is 1. The fourth-order valence-corrected chi connectivity index (χ4v) is 5.64. The smallest absolute Gasteiger partial charge is 0.229 e. The van der Waals surface area contributed by atoms with E-state index < -0.39 is 0 Å². The Hall–Kier alpha value is -2.54. The van der Waals surface area contributed by atoms with Crippen LogP contribution in [0, 0.1) is 6.92 Å². The van der Waals surface area contributed by atoms with E-state index in [1.807, 2.05) is 73.7 Å². The molecule has 4 rings (SSSR count). The topological polar surface area (TPSA) is 42.4 Å². The first kappa shape index (κ1) is 23.6. The number of ether oxygens (including phenoxy) is 1. The molecule has 0 saturated carbocycles. The largest absolute Gasteiger partial charge is 0.497 e. The monoisotopic (exact) mass is 496 g/mol. The second kappa shape index (κ2) is 11.1. The molecule has 0 bridgehead atoms. The fourth-order valence-electron chi connectivity index (χ4n) is 3.46. The molecular weight excluding hydrogens is 472 g/mol. The number of anilines is 1. The first-order valence-corrected chi connectivity index (χ1v) is 12.9. The Morgan fingerprint density at radius 1 is 1.09 bits per heavy atom. The summed E-state index contributed by atoms with van der Waals surface area (Å²) in [4.78, 5) is 21.1. The van der Waals surface area contributed by atoms with Gasteiger partial charge in [0, 0.05) is 11.3 Å². The molecule has 1 heterocycles. The van der Waals surface area contributed by atoms with Gasteiger partial charge in [-0.3, -0.25) is 9.69 Å². The number of halogens is 1. The summed E-state index contributed by atoms with van der Waals surface area (Å²) in [6, 6.07) is 21.9. The van der Waals surface area contributed by atoms with E-state index in [0.717, 1.165) is 39.3 Å². The first-order valence-electron chi connectivity index (χ1n) is 10.7. The van der Waals surface area contributed by atoms with Crippen molar-refractivity contribution in [2.24, 2.45) is 0 Å². The molecule has 0 spiro atoms. The van der Waals surface area contributed by atoms with E-state index in [0.29, 0.717) is 23.1 Å². The highest BCUT2D eigenvalue weighted by Gasteiger charge is 2.21. The molecule has 0 unspecified atom stereocenters. The molecule has 4 nitrogen and oxygen atoms in total. The van der Waals surface area contributed by atoms with Crippen LogP contribution in [0.15, 0.2) is 71.6 Å². The van der Waals surface area contributed by atoms with Gasteiger partial charge in [-0.25, -0.2) is 4.98 Å². The van der Waals surface area contributed by atoms with Crippen molar-refractivity contribution in [3.05, 3.63) is 82.9 Å². The highest BCUT2D eigenvalue weighted by molar-refractivity contribution is 7.99. The number of hydrogen-bond donors (Lipinski definition) is 0. The molecule has 0 saturated heterocycles. The lowest BCUT2D eigenvalue weighted by Crippen LogP contribution is -2.30. The van der Waals surface area contributed by atoms with Crippen LogP contribution in [0.3, 0.4) is 0 Å². The number of carbonyl (C=O) groups excluding carboxylic acids is 1. The van der Waals surface area contributed by atoms with Gasteiger partial charge in [-0.1, -0.05) is 59.3 Å². The Morgan fingerprint density at radius 2 is 1.85 bits per heavy atom. The van der Waals surface area contributed by atoms with E-state index in [9.17, 15) is 4.79 Å². The number of benzene rings is 3. The Labute approximate surface area is 207 Å². The van der Waals surface area contributed by atoms with Gasteiger partial charge in [0.2, 0.25) is 5.91 Å². The summed E-state index contributed by atoms with van der Waals surface area (Å²) in [5.41, 5.74) is 2.99. The second-order valence-electron chi connectivity index (χ2n) is 7.63. The number of thioether (sulfide) groups is 1. The minimum Gasteiger partial charge on any atom is -0.497 e. The summed E-state index contributed by atoms with van der Waals surface area (Å²) in [7, 11) is 1.66.